The second kappa shape index (κ2) is 8.75. The summed E-state index contributed by atoms with van der Waals surface area (Å²) in [6.07, 6.45) is 3.68. The third-order valence-corrected chi connectivity index (χ3v) is 5.32. The molecule has 7 nitrogen and oxygen atoms in total. The van der Waals surface area contributed by atoms with Crippen LogP contribution in [0.4, 0.5) is 11.5 Å². The normalized spacial score (nSPS) is 11.1. The lowest BCUT2D eigenvalue weighted by molar-refractivity contribution is 0.386. The molecule has 2 aromatic rings. The monoisotopic (exact) mass is 379 g/mol. The van der Waals surface area contributed by atoms with Crippen LogP contribution in [0, 0.1) is 0 Å². The van der Waals surface area contributed by atoms with Crippen molar-refractivity contribution in [2.24, 2.45) is 0 Å². The summed E-state index contributed by atoms with van der Waals surface area (Å²) < 4.78 is 38.1. The third-order valence-electron chi connectivity index (χ3n) is 3.90. The van der Waals surface area contributed by atoms with Gasteiger partial charge in [-0.3, -0.25) is 4.72 Å². The number of rotatable bonds is 9. The Morgan fingerprint density at radius 1 is 1.15 bits per heavy atom. The summed E-state index contributed by atoms with van der Waals surface area (Å²) in [5, 5.41) is 0. The van der Waals surface area contributed by atoms with Crippen LogP contribution in [-0.2, 0) is 10.0 Å². The zero-order valence-corrected chi connectivity index (χ0v) is 16.3. The van der Waals surface area contributed by atoms with Crippen LogP contribution in [0.2, 0.25) is 0 Å². The maximum absolute atomic E-state index is 12.7. The highest BCUT2D eigenvalue weighted by Gasteiger charge is 2.20. The minimum absolute atomic E-state index is 0.0324. The fraction of sp³-hybridized carbons (Fsp3) is 0.389. The molecule has 0 spiro atoms. The van der Waals surface area contributed by atoms with E-state index in [9.17, 15) is 8.42 Å². The van der Waals surface area contributed by atoms with Crippen LogP contribution < -0.4 is 19.1 Å². The molecule has 1 N–H and O–H groups in total. The van der Waals surface area contributed by atoms with Gasteiger partial charge in [0.15, 0.2) is 0 Å². The van der Waals surface area contributed by atoms with Crippen LogP contribution in [0.3, 0.4) is 0 Å². The maximum atomic E-state index is 12.7. The molecule has 0 bridgehead atoms. The summed E-state index contributed by atoms with van der Waals surface area (Å²) in [6.45, 7) is 3.03. The topological polar surface area (TPSA) is 80.8 Å². The van der Waals surface area contributed by atoms with Gasteiger partial charge in [-0.15, -0.1) is 0 Å². The lowest BCUT2D eigenvalue weighted by atomic mass is 10.3. The van der Waals surface area contributed by atoms with Gasteiger partial charge in [-0.2, -0.15) is 0 Å². The number of ether oxygens (including phenoxy) is 2. The van der Waals surface area contributed by atoms with Crippen molar-refractivity contribution in [1.29, 1.82) is 0 Å². The van der Waals surface area contributed by atoms with E-state index in [2.05, 4.69) is 16.6 Å². The molecule has 1 heterocycles. The van der Waals surface area contributed by atoms with Crippen molar-refractivity contribution < 1.29 is 17.9 Å². The standard InChI is InChI=1S/C18H25N3O4S/c1-5-6-11-21(2)18-10-7-14(13-19-18)20-26(22,23)17-9-8-15(24-3)12-16(17)25-4/h7-10,12-13,20H,5-6,11H2,1-4H3. The molecular weight excluding hydrogens is 354 g/mol. The summed E-state index contributed by atoms with van der Waals surface area (Å²) in [6, 6.07) is 8.02. The lowest BCUT2D eigenvalue weighted by Crippen LogP contribution is -2.19. The van der Waals surface area contributed by atoms with Crippen LogP contribution in [0.15, 0.2) is 41.4 Å². The summed E-state index contributed by atoms with van der Waals surface area (Å²) in [4.78, 5) is 6.40. The molecule has 0 saturated carbocycles. The highest BCUT2D eigenvalue weighted by molar-refractivity contribution is 7.92. The van der Waals surface area contributed by atoms with Gasteiger partial charge in [0.2, 0.25) is 0 Å². The first-order valence-corrected chi connectivity index (χ1v) is 9.81. The number of methoxy groups -OCH3 is 2. The molecule has 26 heavy (non-hydrogen) atoms. The second-order valence-corrected chi connectivity index (χ2v) is 7.45. The van der Waals surface area contributed by atoms with Gasteiger partial charge in [0.25, 0.3) is 10.0 Å². The zero-order valence-electron chi connectivity index (χ0n) is 15.5. The molecular formula is C18H25N3O4S. The average Bonchev–Trinajstić information content (AvgIpc) is 2.65. The number of nitrogens with zero attached hydrogens (tertiary/aromatic N) is 2. The number of sulfonamides is 1. The Kier molecular flexibility index (Phi) is 6.68. The number of aromatic nitrogens is 1. The number of benzene rings is 1. The molecule has 142 valence electrons. The van der Waals surface area contributed by atoms with Crippen molar-refractivity contribution in [1.82, 2.24) is 4.98 Å². The van der Waals surface area contributed by atoms with Crippen LogP contribution >= 0.6 is 0 Å². The molecule has 0 saturated heterocycles. The van der Waals surface area contributed by atoms with E-state index in [1.807, 2.05) is 11.9 Å². The van der Waals surface area contributed by atoms with E-state index in [4.69, 9.17) is 9.47 Å². The summed E-state index contributed by atoms with van der Waals surface area (Å²) in [5.41, 5.74) is 0.385. The Hall–Kier alpha value is -2.48. The van der Waals surface area contributed by atoms with Gasteiger partial charge < -0.3 is 14.4 Å². The van der Waals surface area contributed by atoms with Gasteiger partial charge in [-0.25, -0.2) is 13.4 Å². The fourth-order valence-corrected chi connectivity index (χ4v) is 3.58. The predicted octanol–water partition coefficient (Wildman–Crippen LogP) is 3.14. The van der Waals surface area contributed by atoms with Gasteiger partial charge in [0, 0.05) is 19.7 Å². The minimum Gasteiger partial charge on any atom is -0.497 e. The quantitative estimate of drug-likeness (QED) is 0.721. The van der Waals surface area contributed by atoms with Crippen LogP contribution in [-0.4, -0.2) is 41.2 Å². The predicted molar refractivity (Wildman–Crippen MR) is 103 cm³/mol. The minimum atomic E-state index is -3.81. The smallest absolute Gasteiger partial charge is 0.265 e. The fourth-order valence-electron chi connectivity index (χ4n) is 2.39. The maximum Gasteiger partial charge on any atom is 0.265 e. The van der Waals surface area contributed by atoms with Gasteiger partial charge in [0.05, 0.1) is 26.1 Å². The van der Waals surface area contributed by atoms with Crippen molar-refractivity contribution in [2.75, 3.05) is 37.4 Å². The van der Waals surface area contributed by atoms with Crippen LogP contribution in [0.1, 0.15) is 19.8 Å². The van der Waals surface area contributed by atoms with Crippen LogP contribution in [0.25, 0.3) is 0 Å². The van der Waals surface area contributed by atoms with Crippen molar-refractivity contribution in [3.8, 4) is 11.5 Å². The van der Waals surface area contributed by atoms with Gasteiger partial charge in [0.1, 0.15) is 22.2 Å². The van der Waals surface area contributed by atoms with Crippen LogP contribution in [0.5, 0.6) is 11.5 Å². The molecule has 1 aromatic heterocycles. The summed E-state index contributed by atoms with van der Waals surface area (Å²) >= 11 is 0. The third kappa shape index (κ3) is 4.78. The molecule has 0 unspecified atom stereocenters. The largest absolute Gasteiger partial charge is 0.497 e. The van der Waals surface area contributed by atoms with E-state index in [0.29, 0.717) is 11.4 Å². The van der Waals surface area contributed by atoms with Gasteiger partial charge >= 0.3 is 0 Å². The molecule has 0 atom stereocenters. The number of hydrogen-bond acceptors (Lipinski definition) is 6. The summed E-state index contributed by atoms with van der Waals surface area (Å²) in [7, 11) is 1.07. The van der Waals surface area contributed by atoms with Crippen molar-refractivity contribution in [3.05, 3.63) is 36.5 Å². The van der Waals surface area contributed by atoms with E-state index in [-0.39, 0.29) is 10.6 Å². The molecule has 0 aliphatic heterocycles. The second-order valence-electron chi connectivity index (χ2n) is 5.80. The number of hydrogen-bond donors (Lipinski definition) is 1. The van der Waals surface area contributed by atoms with Crippen molar-refractivity contribution >= 4 is 21.5 Å². The highest BCUT2D eigenvalue weighted by Crippen LogP contribution is 2.29. The Bertz CT molecular complexity index is 823. The molecule has 0 amide bonds. The number of pyridine rings is 1. The Balaban J connectivity index is 2.19. The Morgan fingerprint density at radius 3 is 2.50 bits per heavy atom. The first-order valence-electron chi connectivity index (χ1n) is 8.33. The number of nitrogens with one attached hydrogen (secondary N) is 1. The number of anilines is 2. The Labute approximate surface area is 155 Å². The van der Waals surface area contributed by atoms with Crippen molar-refractivity contribution in [3.63, 3.8) is 0 Å². The summed E-state index contributed by atoms with van der Waals surface area (Å²) in [5.74, 6) is 1.52. The molecule has 0 radical (unpaired) electrons. The average molecular weight is 379 g/mol. The van der Waals surface area contributed by atoms with E-state index in [1.165, 1.54) is 32.5 Å². The van der Waals surface area contributed by atoms with E-state index in [0.717, 1.165) is 25.2 Å². The van der Waals surface area contributed by atoms with Crippen molar-refractivity contribution in [2.45, 2.75) is 24.7 Å². The van der Waals surface area contributed by atoms with Gasteiger partial charge in [-0.05, 0) is 30.7 Å². The SMILES string of the molecule is CCCCN(C)c1ccc(NS(=O)(=O)c2ccc(OC)cc2OC)cn1. The van der Waals surface area contributed by atoms with Gasteiger partial charge in [-0.1, -0.05) is 13.3 Å². The first-order chi connectivity index (χ1) is 12.4. The molecule has 0 aliphatic rings. The molecule has 2 rings (SSSR count). The molecule has 0 aliphatic carbocycles. The first kappa shape index (κ1) is 19.8. The zero-order chi connectivity index (χ0) is 19.2. The van der Waals surface area contributed by atoms with E-state index < -0.39 is 10.0 Å². The highest BCUT2D eigenvalue weighted by atomic mass is 32.2. The lowest BCUT2D eigenvalue weighted by Gasteiger charge is -2.18. The molecule has 1 aromatic carbocycles. The molecule has 0 fully saturated rings. The van der Waals surface area contributed by atoms with E-state index >= 15 is 0 Å². The molecule has 8 heteroatoms. The van der Waals surface area contributed by atoms with E-state index in [1.54, 1.807) is 18.2 Å². The Morgan fingerprint density at radius 2 is 1.92 bits per heavy atom. The number of unbranched alkanes of at least 4 members (excludes halogenated alkanes) is 1.